The fourth-order valence-corrected chi connectivity index (χ4v) is 1.64. The number of rotatable bonds is 3. The van der Waals surface area contributed by atoms with E-state index in [4.69, 9.17) is 5.26 Å². The molecule has 0 N–H and O–H groups in total. The molecule has 1 aromatic carbocycles. The van der Waals surface area contributed by atoms with Gasteiger partial charge >= 0.3 is 5.97 Å². The smallest absolute Gasteiger partial charge is 0.339 e. The third-order valence-corrected chi connectivity index (χ3v) is 2.67. The third-order valence-electron chi connectivity index (χ3n) is 2.67. The summed E-state index contributed by atoms with van der Waals surface area (Å²) < 4.78 is 4.60. The molecule has 0 bridgehead atoms. The molecule has 0 atom stereocenters. The van der Waals surface area contributed by atoms with Crippen molar-refractivity contribution < 1.29 is 9.53 Å². The van der Waals surface area contributed by atoms with Crippen LogP contribution in [0.3, 0.4) is 0 Å². The van der Waals surface area contributed by atoms with Gasteiger partial charge in [0.05, 0.1) is 30.0 Å². The van der Waals surface area contributed by atoms with Crippen molar-refractivity contribution >= 4 is 18.1 Å². The highest BCUT2D eigenvalue weighted by atomic mass is 16.5. The average molecular weight is 264 g/mol. The number of nitriles is 1. The van der Waals surface area contributed by atoms with E-state index in [9.17, 15) is 4.79 Å². The van der Waals surface area contributed by atoms with Crippen molar-refractivity contribution in [2.24, 2.45) is 0 Å². The molecule has 0 unspecified atom stereocenters. The van der Waals surface area contributed by atoms with E-state index in [1.807, 2.05) is 24.3 Å². The molecule has 0 fully saturated rings. The first-order valence-electron chi connectivity index (χ1n) is 5.95. The number of esters is 1. The Morgan fingerprint density at radius 1 is 1.30 bits per heavy atom. The van der Waals surface area contributed by atoms with Crippen molar-refractivity contribution in [1.82, 2.24) is 4.98 Å². The maximum Gasteiger partial charge on any atom is 0.339 e. The van der Waals surface area contributed by atoms with Gasteiger partial charge in [-0.2, -0.15) is 5.26 Å². The second-order valence-corrected chi connectivity index (χ2v) is 4.03. The van der Waals surface area contributed by atoms with Gasteiger partial charge in [-0.25, -0.2) is 4.79 Å². The van der Waals surface area contributed by atoms with Gasteiger partial charge in [0.25, 0.3) is 0 Å². The molecule has 0 saturated carbocycles. The van der Waals surface area contributed by atoms with E-state index >= 15 is 0 Å². The monoisotopic (exact) mass is 264 g/mol. The van der Waals surface area contributed by atoms with E-state index in [0.717, 1.165) is 11.3 Å². The van der Waals surface area contributed by atoms with Crippen LogP contribution in [-0.2, 0) is 4.74 Å². The molecule has 0 spiro atoms. The van der Waals surface area contributed by atoms with Crippen molar-refractivity contribution in [2.45, 2.75) is 0 Å². The number of ether oxygens (including phenoxy) is 1. The van der Waals surface area contributed by atoms with Crippen LogP contribution in [0.25, 0.3) is 12.2 Å². The minimum atomic E-state index is -0.408. The predicted octanol–water partition coefficient (Wildman–Crippen LogP) is 2.91. The summed E-state index contributed by atoms with van der Waals surface area (Å²) in [5, 5.41) is 8.82. The van der Waals surface area contributed by atoms with Crippen LogP contribution in [0.4, 0.5) is 0 Å². The number of hydrogen-bond donors (Lipinski definition) is 0. The number of pyridine rings is 1. The Kier molecular flexibility index (Phi) is 4.25. The number of hydrogen-bond acceptors (Lipinski definition) is 4. The summed E-state index contributed by atoms with van der Waals surface area (Å²) >= 11 is 0. The van der Waals surface area contributed by atoms with E-state index in [1.54, 1.807) is 24.3 Å². The normalized spacial score (nSPS) is 10.2. The van der Waals surface area contributed by atoms with Gasteiger partial charge in [-0.15, -0.1) is 0 Å². The quantitative estimate of drug-likeness (QED) is 0.799. The van der Waals surface area contributed by atoms with Gasteiger partial charge in [0.1, 0.15) is 0 Å². The molecule has 2 rings (SSSR count). The lowest BCUT2D eigenvalue weighted by molar-refractivity contribution is 0.0600. The molecule has 1 heterocycles. The molecule has 0 aliphatic carbocycles. The van der Waals surface area contributed by atoms with Crippen molar-refractivity contribution in [3.8, 4) is 6.07 Å². The topological polar surface area (TPSA) is 63.0 Å². The molecule has 0 aliphatic rings. The number of methoxy groups -OCH3 is 1. The fraction of sp³-hybridized carbons (Fsp3) is 0.0625. The molecule has 0 saturated heterocycles. The number of aromatic nitrogens is 1. The zero-order valence-corrected chi connectivity index (χ0v) is 10.9. The lowest BCUT2D eigenvalue weighted by Crippen LogP contribution is -2.01. The first-order valence-corrected chi connectivity index (χ1v) is 5.95. The van der Waals surface area contributed by atoms with Gasteiger partial charge in [-0.3, -0.25) is 4.98 Å². The first kappa shape index (κ1) is 13.5. The number of carbonyl (C=O) groups is 1. The van der Waals surface area contributed by atoms with E-state index in [2.05, 4.69) is 15.8 Å². The molecule has 0 radical (unpaired) electrons. The molecule has 2 aromatic rings. The molecule has 4 nitrogen and oxygen atoms in total. The summed E-state index contributed by atoms with van der Waals surface area (Å²) in [4.78, 5) is 15.4. The van der Waals surface area contributed by atoms with Crippen LogP contribution in [0, 0.1) is 11.3 Å². The second kappa shape index (κ2) is 6.30. The maximum atomic E-state index is 11.3. The molecule has 4 heteroatoms. The van der Waals surface area contributed by atoms with Crippen LogP contribution in [-0.4, -0.2) is 18.1 Å². The highest BCUT2D eigenvalue weighted by molar-refractivity contribution is 5.89. The highest BCUT2D eigenvalue weighted by Crippen LogP contribution is 2.09. The molecule has 98 valence electrons. The van der Waals surface area contributed by atoms with E-state index in [1.165, 1.54) is 13.3 Å². The lowest BCUT2D eigenvalue weighted by Gasteiger charge is -1.99. The first-order chi connectivity index (χ1) is 9.72. The molecule has 0 amide bonds. The van der Waals surface area contributed by atoms with Gasteiger partial charge < -0.3 is 4.74 Å². The molecular weight excluding hydrogens is 252 g/mol. The molecule has 20 heavy (non-hydrogen) atoms. The molecule has 0 aliphatic heterocycles. The van der Waals surface area contributed by atoms with Gasteiger partial charge in [-0.1, -0.05) is 18.2 Å². The largest absolute Gasteiger partial charge is 0.465 e. The van der Waals surface area contributed by atoms with E-state index in [-0.39, 0.29) is 0 Å². The highest BCUT2D eigenvalue weighted by Gasteiger charge is 2.04. The number of nitrogens with zero attached hydrogens (tertiary/aromatic N) is 2. The summed E-state index contributed by atoms with van der Waals surface area (Å²) in [6.45, 7) is 0. The number of carbonyl (C=O) groups excluding carboxylic acids is 1. The summed E-state index contributed by atoms with van der Waals surface area (Å²) in [7, 11) is 1.33. The zero-order chi connectivity index (χ0) is 14.4. The Morgan fingerprint density at radius 3 is 2.80 bits per heavy atom. The average Bonchev–Trinajstić information content (AvgIpc) is 2.53. The van der Waals surface area contributed by atoms with E-state index in [0.29, 0.717) is 11.1 Å². The van der Waals surface area contributed by atoms with Crippen LogP contribution in [0.2, 0.25) is 0 Å². The standard InChI is InChI=1S/C16H12N2O2/c1-20-16(19)14-6-8-15(18-11-14)7-5-12-3-2-4-13(9-12)10-17/h2-9,11H,1H3/b7-5+. The van der Waals surface area contributed by atoms with E-state index < -0.39 is 5.97 Å². The number of benzene rings is 1. The second-order valence-electron chi connectivity index (χ2n) is 4.03. The van der Waals surface area contributed by atoms with Gasteiger partial charge in [0, 0.05) is 6.20 Å². The summed E-state index contributed by atoms with van der Waals surface area (Å²) in [5.74, 6) is -0.408. The Morgan fingerprint density at radius 2 is 2.15 bits per heavy atom. The lowest BCUT2D eigenvalue weighted by atomic mass is 10.1. The van der Waals surface area contributed by atoms with Gasteiger partial charge in [0.2, 0.25) is 0 Å². The Balaban J connectivity index is 2.15. The summed E-state index contributed by atoms with van der Waals surface area (Å²) in [6.07, 6.45) is 5.15. The Hall–Kier alpha value is -2.93. The van der Waals surface area contributed by atoms with Crippen LogP contribution in [0.1, 0.15) is 27.2 Å². The zero-order valence-electron chi connectivity index (χ0n) is 10.9. The minimum Gasteiger partial charge on any atom is -0.465 e. The minimum absolute atomic E-state index is 0.408. The van der Waals surface area contributed by atoms with Crippen molar-refractivity contribution in [3.63, 3.8) is 0 Å². The van der Waals surface area contributed by atoms with Crippen LogP contribution >= 0.6 is 0 Å². The van der Waals surface area contributed by atoms with Crippen molar-refractivity contribution in [3.05, 3.63) is 65.0 Å². The SMILES string of the molecule is COC(=O)c1ccc(/C=C/c2cccc(C#N)c2)nc1. The summed E-state index contributed by atoms with van der Waals surface area (Å²) in [5.41, 5.74) is 2.67. The van der Waals surface area contributed by atoms with Crippen LogP contribution in [0.15, 0.2) is 42.6 Å². The van der Waals surface area contributed by atoms with Crippen LogP contribution < -0.4 is 0 Å². The van der Waals surface area contributed by atoms with Gasteiger partial charge in [-0.05, 0) is 35.9 Å². The predicted molar refractivity (Wildman–Crippen MR) is 75.7 cm³/mol. The fourth-order valence-electron chi connectivity index (χ4n) is 1.64. The Labute approximate surface area is 117 Å². The summed E-state index contributed by atoms with van der Waals surface area (Å²) in [6, 6.07) is 12.8. The van der Waals surface area contributed by atoms with Crippen molar-refractivity contribution in [1.29, 1.82) is 5.26 Å². The maximum absolute atomic E-state index is 11.3. The third kappa shape index (κ3) is 3.30. The Bertz CT molecular complexity index is 682. The van der Waals surface area contributed by atoms with Crippen molar-refractivity contribution in [2.75, 3.05) is 7.11 Å². The van der Waals surface area contributed by atoms with Gasteiger partial charge in [0.15, 0.2) is 0 Å². The van der Waals surface area contributed by atoms with Crippen LogP contribution in [0.5, 0.6) is 0 Å². The molecular formula is C16H12N2O2. The molecule has 1 aromatic heterocycles.